The summed E-state index contributed by atoms with van der Waals surface area (Å²) >= 11 is 0. The molecule has 2 aliphatic rings. The minimum Gasteiger partial charge on any atom is -0.493 e. The summed E-state index contributed by atoms with van der Waals surface area (Å²) in [6, 6.07) is 3.70. The SMILES string of the molecule is COc1cc(C=O)cc2c1OC1CCCC[C@H]1C2. The van der Waals surface area contributed by atoms with Gasteiger partial charge in [-0.25, -0.2) is 0 Å². The molecular weight excluding hydrogens is 228 g/mol. The third kappa shape index (κ3) is 1.88. The van der Waals surface area contributed by atoms with E-state index in [2.05, 4.69) is 0 Å². The van der Waals surface area contributed by atoms with Gasteiger partial charge in [0.05, 0.1) is 7.11 Å². The maximum absolute atomic E-state index is 10.9. The molecule has 1 unspecified atom stereocenters. The van der Waals surface area contributed by atoms with Gasteiger partial charge in [-0.3, -0.25) is 4.79 Å². The molecule has 0 spiro atoms. The lowest BCUT2D eigenvalue weighted by Crippen LogP contribution is -2.35. The quantitative estimate of drug-likeness (QED) is 0.752. The molecule has 1 aliphatic heterocycles. The second-order valence-electron chi connectivity index (χ2n) is 5.23. The number of benzene rings is 1. The highest BCUT2D eigenvalue weighted by molar-refractivity contribution is 5.77. The number of rotatable bonds is 2. The van der Waals surface area contributed by atoms with Crippen molar-refractivity contribution >= 4 is 6.29 Å². The minimum absolute atomic E-state index is 0.335. The van der Waals surface area contributed by atoms with Crippen molar-refractivity contribution in [2.75, 3.05) is 7.11 Å². The van der Waals surface area contributed by atoms with Gasteiger partial charge in [-0.1, -0.05) is 6.42 Å². The van der Waals surface area contributed by atoms with Gasteiger partial charge in [0, 0.05) is 11.5 Å². The normalized spacial score (nSPS) is 25.6. The number of hydrogen-bond acceptors (Lipinski definition) is 3. The maximum Gasteiger partial charge on any atom is 0.164 e. The molecule has 0 radical (unpaired) electrons. The van der Waals surface area contributed by atoms with E-state index in [1.807, 2.05) is 6.07 Å². The van der Waals surface area contributed by atoms with Gasteiger partial charge < -0.3 is 9.47 Å². The van der Waals surface area contributed by atoms with E-state index in [0.29, 0.717) is 23.3 Å². The molecule has 1 fully saturated rings. The fourth-order valence-electron chi connectivity index (χ4n) is 3.18. The largest absolute Gasteiger partial charge is 0.493 e. The van der Waals surface area contributed by atoms with Crippen LogP contribution in [0, 0.1) is 5.92 Å². The van der Waals surface area contributed by atoms with E-state index >= 15 is 0 Å². The molecule has 1 heterocycles. The molecule has 3 rings (SSSR count). The summed E-state index contributed by atoms with van der Waals surface area (Å²) in [7, 11) is 1.63. The maximum atomic E-state index is 10.9. The number of ether oxygens (including phenoxy) is 2. The molecule has 2 atom stereocenters. The molecule has 3 nitrogen and oxygen atoms in total. The number of hydrogen-bond donors (Lipinski definition) is 0. The Hall–Kier alpha value is -1.51. The molecule has 3 heteroatoms. The van der Waals surface area contributed by atoms with Crippen LogP contribution < -0.4 is 9.47 Å². The van der Waals surface area contributed by atoms with Gasteiger partial charge in [0.25, 0.3) is 0 Å². The van der Waals surface area contributed by atoms with E-state index in [4.69, 9.17) is 9.47 Å². The Morgan fingerprint density at radius 3 is 2.94 bits per heavy atom. The second kappa shape index (κ2) is 4.63. The van der Waals surface area contributed by atoms with Crippen LogP contribution in [0.3, 0.4) is 0 Å². The van der Waals surface area contributed by atoms with Crippen molar-refractivity contribution in [3.63, 3.8) is 0 Å². The van der Waals surface area contributed by atoms with Crippen LogP contribution in [0.4, 0.5) is 0 Å². The Morgan fingerprint density at radius 2 is 2.17 bits per heavy atom. The van der Waals surface area contributed by atoms with Gasteiger partial charge >= 0.3 is 0 Å². The summed E-state index contributed by atoms with van der Waals surface area (Å²) < 4.78 is 11.5. The second-order valence-corrected chi connectivity index (χ2v) is 5.23. The lowest BCUT2D eigenvalue weighted by atomic mass is 9.80. The lowest BCUT2D eigenvalue weighted by Gasteiger charge is -2.37. The van der Waals surface area contributed by atoms with Crippen molar-refractivity contribution in [3.8, 4) is 11.5 Å². The van der Waals surface area contributed by atoms with Crippen LogP contribution in [0.1, 0.15) is 41.6 Å². The van der Waals surface area contributed by atoms with Crippen molar-refractivity contribution in [3.05, 3.63) is 23.3 Å². The number of fused-ring (bicyclic) bond motifs is 2. The van der Waals surface area contributed by atoms with E-state index in [1.165, 1.54) is 19.3 Å². The Labute approximate surface area is 107 Å². The van der Waals surface area contributed by atoms with Crippen molar-refractivity contribution in [1.29, 1.82) is 0 Å². The first-order valence-corrected chi connectivity index (χ1v) is 6.64. The zero-order chi connectivity index (χ0) is 12.5. The predicted molar refractivity (Wildman–Crippen MR) is 68.5 cm³/mol. The van der Waals surface area contributed by atoms with E-state index in [1.54, 1.807) is 13.2 Å². The van der Waals surface area contributed by atoms with Crippen LogP contribution in [-0.2, 0) is 6.42 Å². The van der Waals surface area contributed by atoms with Crippen LogP contribution in [0.2, 0.25) is 0 Å². The van der Waals surface area contributed by atoms with Crippen LogP contribution in [0.5, 0.6) is 11.5 Å². The minimum atomic E-state index is 0.335. The Kier molecular flexibility index (Phi) is 2.98. The topological polar surface area (TPSA) is 35.5 Å². The predicted octanol–water partition coefficient (Wildman–Crippen LogP) is 3.00. The number of methoxy groups -OCH3 is 1. The van der Waals surface area contributed by atoms with Gasteiger partial charge in [0.2, 0.25) is 0 Å². The van der Waals surface area contributed by atoms with Gasteiger partial charge in [-0.15, -0.1) is 0 Å². The Bertz CT molecular complexity index is 467. The van der Waals surface area contributed by atoms with Gasteiger partial charge in [0.1, 0.15) is 12.4 Å². The average molecular weight is 246 g/mol. The van der Waals surface area contributed by atoms with Gasteiger partial charge in [-0.05, 0) is 43.4 Å². The number of carbonyl (C=O) groups excluding carboxylic acids is 1. The molecule has 18 heavy (non-hydrogen) atoms. The Balaban J connectivity index is 2.00. The summed E-state index contributed by atoms with van der Waals surface area (Å²) in [5.74, 6) is 2.16. The van der Waals surface area contributed by atoms with Crippen LogP contribution in [0.15, 0.2) is 12.1 Å². The lowest BCUT2D eigenvalue weighted by molar-refractivity contribution is 0.0718. The van der Waals surface area contributed by atoms with E-state index in [-0.39, 0.29) is 0 Å². The molecule has 0 bridgehead atoms. The van der Waals surface area contributed by atoms with E-state index in [9.17, 15) is 4.79 Å². The first-order chi connectivity index (χ1) is 8.81. The molecule has 1 aromatic carbocycles. The molecule has 0 aromatic heterocycles. The van der Waals surface area contributed by atoms with E-state index < -0.39 is 0 Å². The average Bonchev–Trinajstić information content (AvgIpc) is 2.43. The number of aldehydes is 1. The highest BCUT2D eigenvalue weighted by atomic mass is 16.5. The van der Waals surface area contributed by atoms with Crippen molar-refractivity contribution in [1.82, 2.24) is 0 Å². The zero-order valence-electron chi connectivity index (χ0n) is 10.6. The zero-order valence-corrected chi connectivity index (χ0v) is 10.6. The van der Waals surface area contributed by atoms with Gasteiger partial charge in [-0.2, -0.15) is 0 Å². The van der Waals surface area contributed by atoms with Crippen molar-refractivity contribution in [2.45, 2.75) is 38.2 Å². The van der Waals surface area contributed by atoms with Crippen LogP contribution in [-0.4, -0.2) is 19.5 Å². The van der Waals surface area contributed by atoms with Crippen LogP contribution in [0.25, 0.3) is 0 Å². The monoisotopic (exact) mass is 246 g/mol. The molecule has 0 N–H and O–H groups in total. The van der Waals surface area contributed by atoms with E-state index in [0.717, 1.165) is 30.4 Å². The molecule has 96 valence electrons. The fourth-order valence-corrected chi connectivity index (χ4v) is 3.18. The molecular formula is C15H18O3. The highest BCUT2D eigenvalue weighted by Gasteiger charge is 2.33. The number of carbonyl (C=O) groups is 1. The smallest absolute Gasteiger partial charge is 0.164 e. The molecule has 1 aliphatic carbocycles. The Morgan fingerprint density at radius 1 is 1.33 bits per heavy atom. The third-order valence-corrected chi connectivity index (χ3v) is 4.10. The third-order valence-electron chi connectivity index (χ3n) is 4.10. The van der Waals surface area contributed by atoms with Gasteiger partial charge in [0.15, 0.2) is 11.5 Å². The first-order valence-electron chi connectivity index (χ1n) is 6.64. The summed E-state index contributed by atoms with van der Waals surface area (Å²) in [5.41, 5.74) is 1.79. The fraction of sp³-hybridized carbons (Fsp3) is 0.533. The van der Waals surface area contributed by atoms with Crippen LogP contribution >= 0.6 is 0 Å². The molecule has 0 amide bonds. The first kappa shape index (κ1) is 11.6. The molecule has 0 saturated heterocycles. The molecule has 1 aromatic rings. The van der Waals surface area contributed by atoms with Crippen molar-refractivity contribution in [2.24, 2.45) is 5.92 Å². The molecule has 1 saturated carbocycles. The van der Waals surface area contributed by atoms with Crippen molar-refractivity contribution < 1.29 is 14.3 Å². The summed E-state index contributed by atoms with van der Waals surface area (Å²) in [4.78, 5) is 10.9. The summed E-state index contributed by atoms with van der Waals surface area (Å²) in [6.07, 6.45) is 7.14. The standard InChI is InChI=1S/C15H18O3/c1-17-14-7-10(9-16)6-12-8-11-4-2-3-5-13(11)18-15(12)14/h6-7,9,11,13H,2-5,8H2,1H3/t11-,13?/m0/s1. The highest BCUT2D eigenvalue weighted by Crippen LogP contribution is 2.43. The summed E-state index contributed by atoms with van der Waals surface area (Å²) in [5, 5.41) is 0. The summed E-state index contributed by atoms with van der Waals surface area (Å²) in [6.45, 7) is 0.